The van der Waals surface area contributed by atoms with E-state index >= 15 is 0 Å². The molecule has 1 spiro atoms. The fourth-order valence-corrected chi connectivity index (χ4v) is 5.50. The van der Waals surface area contributed by atoms with Gasteiger partial charge in [-0.05, 0) is 78.1 Å². The van der Waals surface area contributed by atoms with Crippen LogP contribution in [0.3, 0.4) is 0 Å². The Morgan fingerprint density at radius 2 is 1.67 bits per heavy atom. The molecule has 0 aromatic heterocycles. The number of nitrogens with one attached hydrogen (secondary N) is 1. The molecule has 2 aliphatic rings. The summed E-state index contributed by atoms with van der Waals surface area (Å²) in [6, 6.07) is 22.2. The molecule has 0 amide bonds. The first-order valence-electron chi connectivity index (χ1n) is 11.7. The SMILES string of the molecule is CC(C)(C)C1CCC2(CC1)N=C(C(=O)c1ccc3ccccc3c1)NN2c1ccc(Br)cc1. The van der Waals surface area contributed by atoms with E-state index in [0.29, 0.717) is 17.3 Å². The van der Waals surface area contributed by atoms with Gasteiger partial charge in [-0.2, -0.15) is 0 Å². The van der Waals surface area contributed by atoms with Gasteiger partial charge < -0.3 is 0 Å². The molecular formula is C28H30BrN3O. The number of hydrogen-bond donors (Lipinski definition) is 1. The van der Waals surface area contributed by atoms with Gasteiger partial charge in [0.2, 0.25) is 5.78 Å². The predicted octanol–water partition coefficient (Wildman–Crippen LogP) is 7.14. The Kier molecular flexibility index (Phi) is 5.56. The van der Waals surface area contributed by atoms with Crippen molar-refractivity contribution < 1.29 is 4.79 Å². The molecule has 1 aliphatic carbocycles. The van der Waals surface area contributed by atoms with E-state index < -0.39 is 5.66 Å². The van der Waals surface area contributed by atoms with Crippen LogP contribution in [-0.2, 0) is 0 Å². The fraction of sp³-hybridized carbons (Fsp3) is 0.357. The van der Waals surface area contributed by atoms with Crippen molar-refractivity contribution in [3.05, 3.63) is 76.8 Å². The second-order valence-electron chi connectivity index (χ2n) is 10.4. The number of carbonyl (C=O) groups excluding carboxylic acids is 1. The summed E-state index contributed by atoms with van der Waals surface area (Å²) in [6.45, 7) is 6.98. The van der Waals surface area contributed by atoms with Gasteiger partial charge in [0.1, 0.15) is 0 Å². The van der Waals surface area contributed by atoms with E-state index in [0.717, 1.165) is 46.6 Å². The van der Waals surface area contributed by atoms with Crippen molar-refractivity contribution in [1.82, 2.24) is 5.43 Å². The number of halogens is 1. The third-order valence-corrected chi connectivity index (χ3v) is 7.81. The van der Waals surface area contributed by atoms with Crippen LogP contribution in [0.2, 0.25) is 0 Å². The van der Waals surface area contributed by atoms with Crippen LogP contribution in [0.25, 0.3) is 10.8 Å². The van der Waals surface area contributed by atoms with Crippen LogP contribution < -0.4 is 10.4 Å². The first-order chi connectivity index (χ1) is 15.7. The quantitative estimate of drug-likeness (QED) is 0.386. The van der Waals surface area contributed by atoms with Crippen molar-refractivity contribution in [3.63, 3.8) is 0 Å². The Hall–Kier alpha value is -2.66. The number of ketones is 1. The normalized spacial score (nSPS) is 23.0. The monoisotopic (exact) mass is 503 g/mol. The van der Waals surface area contributed by atoms with Crippen molar-refractivity contribution in [2.45, 2.75) is 52.1 Å². The third-order valence-electron chi connectivity index (χ3n) is 7.28. The summed E-state index contributed by atoms with van der Waals surface area (Å²) < 4.78 is 1.03. The maximum atomic E-state index is 13.5. The largest absolute Gasteiger partial charge is 0.285 e. The Morgan fingerprint density at radius 3 is 2.33 bits per heavy atom. The Bertz CT molecular complexity index is 1220. The molecule has 1 saturated carbocycles. The highest BCUT2D eigenvalue weighted by Crippen LogP contribution is 2.46. The molecule has 3 aromatic rings. The number of nitrogens with zero attached hydrogens (tertiary/aromatic N) is 2. The topological polar surface area (TPSA) is 44.7 Å². The average Bonchev–Trinajstić information content (AvgIpc) is 3.17. The smallest absolute Gasteiger partial charge is 0.229 e. The molecule has 1 N–H and O–H groups in total. The van der Waals surface area contributed by atoms with Gasteiger partial charge in [0, 0.05) is 10.0 Å². The van der Waals surface area contributed by atoms with E-state index in [2.05, 4.69) is 65.3 Å². The van der Waals surface area contributed by atoms with E-state index in [1.165, 1.54) is 0 Å². The number of anilines is 1. The second kappa shape index (κ2) is 8.28. The number of Topliss-reactive ketones (excluding diaryl/α,β-unsaturated/α-hetero) is 1. The lowest BCUT2D eigenvalue weighted by molar-refractivity contribution is 0.106. The summed E-state index contributed by atoms with van der Waals surface area (Å²) in [7, 11) is 0. The van der Waals surface area contributed by atoms with Crippen LogP contribution >= 0.6 is 15.9 Å². The van der Waals surface area contributed by atoms with E-state index in [1.54, 1.807) is 0 Å². The van der Waals surface area contributed by atoms with Gasteiger partial charge >= 0.3 is 0 Å². The number of fused-ring (bicyclic) bond motifs is 1. The van der Waals surface area contributed by atoms with Crippen LogP contribution in [0.4, 0.5) is 5.69 Å². The standard InChI is InChI=1S/C28H30BrN3O/c1-27(2,3)22-14-16-28(17-15-22)30-26(31-32(28)24-12-10-23(29)11-13-24)25(33)21-9-8-19-6-4-5-7-20(19)18-21/h4-13,18,22H,14-17H2,1-3H3,(H,30,31). The van der Waals surface area contributed by atoms with Gasteiger partial charge in [-0.15, -0.1) is 0 Å². The fourth-order valence-electron chi connectivity index (χ4n) is 5.24. The molecule has 4 nitrogen and oxygen atoms in total. The third kappa shape index (κ3) is 4.19. The van der Waals surface area contributed by atoms with E-state index in [9.17, 15) is 4.79 Å². The number of amidine groups is 1. The van der Waals surface area contributed by atoms with Gasteiger partial charge in [-0.1, -0.05) is 73.1 Å². The number of carbonyl (C=O) groups is 1. The lowest BCUT2D eigenvalue weighted by Crippen LogP contribution is -2.53. The number of rotatable bonds is 3. The first-order valence-corrected chi connectivity index (χ1v) is 12.5. The van der Waals surface area contributed by atoms with Crippen LogP contribution in [-0.4, -0.2) is 17.3 Å². The average molecular weight is 504 g/mol. The minimum atomic E-state index is -0.433. The Labute approximate surface area is 204 Å². The van der Waals surface area contributed by atoms with Crippen molar-refractivity contribution in [1.29, 1.82) is 0 Å². The molecule has 1 heterocycles. The summed E-state index contributed by atoms with van der Waals surface area (Å²) in [6.07, 6.45) is 4.04. The molecule has 170 valence electrons. The summed E-state index contributed by atoms with van der Waals surface area (Å²) in [5.41, 5.74) is 4.94. The zero-order valence-electron chi connectivity index (χ0n) is 19.4. The zero-order chi connectivity index (χ0) is 23.2. The van der Waals surface area contributed by atoms with Gasteiger partial charge in [-0.3, -0.25) is 15.2 Å². The van der Waals surface area contributed by atoms with Crippen LogP contribution in [0.1, 0.15) is 56.8 Å². The summed E-state index contributed by atoms with van der Waals surface area (Å²) in [4.78, 5) is 18.6. The lowest BCUT2D eigenvalue weighted by Gasteiger charge is -2.45. The predicted molar refractivity (Wildman–Crippen MR) is 140 cm³/mol. The van der Waals surface area contributed by atoms with Gasteiger partial charge in [0.05, 0.1) is 5.69 Å². The van der Waals surface area contributed by atoms with Crippen LogP contribution in [0.15, 0.2) is 76.2 Å². The van der Waals surface area contributed by atoms with Crippen LogP contribution in [0.5, 0.6) is 0 Å². The van der Waals surface area contributed by atoms with Crippen molar-refractivity contribution >= 4 is 44.0 Å². The van der Waals surface area contributed by atoms with E-state index in [-0.39, 0.29) is 11.2 Å². The molecule has 5 rings (SSSR count). The molecule has 0 saturated heterocycles. The highest BCUT2D eigenvalue weighted by Gasteiger charge is 2.47. The Morgan fingerprint density at radius 1 is 1.00 bits per heavy atom. The minimum absolute atomic E-state index is 0.0577. The highest BCUT2D eigenvalue weighted by molar-refractivity contribution is 9.10. The lowest BCUT2D eigenvalue weighted by atomic mass is 9.69. The van der Waals surface area contributed by atoms with Gasteiger partial charge in [-0.25, -0.2) is 4.99 Å². The molecule has 33 heavy (non-hydrogen) atoms. The number of hydrazine groups is 1. The summed E-state index contributed by atoms with van der Waals surface area (Å²) in [5.74, 6) is 1.03. The molecule has 3 aromatic carbocycles. The van der Waals surface area contributed by atoms with Gasteiger partial charge in [0.15, 0.2) is 11.5 Å². The molecular weight excluding hydrogens is 474 g/mol. The highest BCUT2D eigenvalue weighted by atomic mass is 79.9. The maximum Gasteiger partial charge on any atom is 0.229 e. The molecule has 1 aliphatic heterocycles. The summed E-state index contributed by atoms with van der Waals surface area (Å²) in [5, 5.41) is 4.32. The first kappa shape index (κ1) is 22.1. The van der Waals surface area contributed by atoms with Crippen LogP contribution in [0, 0.1) is 11.3 Å². The van der Waals surface area contributed by atoms with E-state index in [1.807, 2.05) is 48.5 Å². The Balaban J connectivity index is 1.49. The summed E-state index contributed by atoms with van der Waals surface area (Å²) >= 11 is 3.53. The molecule has 0 bridgehead atoms. The van der Waals surface area contributed by atoms with Crippen molar-refractivity contribution in [2.75, 3.05) is 5.01 Å². The number of benzene rings is 3. The molecule has 0 atom stereocenters. The molecule has 5 heteroatoms. The zero-order valence-corrected chi connectivity index (χ0v) is 21.0. The molecule has 0 unspecified atom stereocenters. The maximum absolute atomic E-state index is 13.5. The number of hydrogen-bond acceptors (Lipinski definition) is 4. The number of aliphatic imine (C=N–C) groups is 1. The molecule has 0 radical (unpaired) electrons. The van der Waals surface area contributed by atoms with Crippen molar-refractivity contribution in [3.8, 4) is 0 Å². The molecule has 1 fully saturated rings. The minimum Gasteiger partial charge on any atom is -0.285 e. The van der Waals surface area contributed by atoms with E-state index in [4.69, 9.17) is 4.99 Å². The second-order valence-corrected chi connectivity index (χ2v) is 11.3. The van der Waals surface area contributed by atoms with Gasteiger partial charge in [0.25, 0.3) is 0 Å². The van der Waals surface area contributed by atoms with Crippen molar-refractivity contribution in [2.24, 2.45) is 16.3 Å².